The van der Waals surface area contributed by atoms with Gasteiger partial charge in [0.1, 0.15) is 11.5 Å². The number of carbonyl (C=O) groups is 1. The minimum absolute atomic E-state index is 0.0569. The Hall–Kier alpha value is -1.29. The maximum atomic E-state index is 12.7. The van der Waals surface area contributed by atoms with Crippen molar-refractivity contribution in [2.45, 2.75) is 33.6 Å². The van der Waals surface area contributed by atoms with Crippen LogP contribution in [0.2, 0.25) is 5.02 Å². The summed E-state index contributed by atoms with van der Waals surface area (Å²) in [5.41, 5.74) is 0.360. The summed E-state index contributed by atoms with van der Waals surface area (Å²) in [4.78, 5) is 19.0. The van der Waals surface area contributed by atoms with Gasteiger partial charge in [0.25, 0.3) is 5.91 Å². The Morgan fingerprint density at radius 3 is 2.67 bits per heavy atom. The van der Waals surface area contributed by atoms with Gasteiger partial charge in [-0.2, -0.15) is 0 Å². The molecule has 5 heteroatoms. The highest BCUT2D eigenvalue weighted by Gasteiger charge is 2.28. The predicted octanol–water partition coefficient (Wildman–Crippen LogP) is 3.68. The number of halogens is 1. The van der Waals surface area contributed by atoms with Gasteiger partial charge in [-0.05, 0) is 36.8 Å². The van der Waals surface area contributed by atoms with Crippen molar-refractivity contribution in [2.24, 2.45) is 11.8 Å². The van der Waals surface area contributed by atoms with Crippen molar-refractivity contribution in [3.8, 4) is 0 Å². The Morgan fingerprint density at radius 1 is 1.38 bits per heavy atom. The predicted molar refractivity (Wildman–Crippen MR) is 86.9 cm³/mol. The van der Waals surface area contributed by atoms with Gasteiger partial charge in [-0.25, -0.2) is 4.98 Å². The van der Waals surface area contributed by atoms with Gasteiger partial charge >= 0.3 is 0 Å². The maximum absolute atomic E-state index is 12.7. The van der Waals surface area contributed by atoms with Crippen molar-refractivity contribution in [1.29, 1.82) is 0 Å². The lowest BCUT2D eigenvalue weighted by Gasteiger charge is -2.34. The van der Waals surface area contributed by atoms with Crippen molar-refractivity contribution in [3.05, 3.63) is 22.8 Å². The number of anilines is 1. The van der Waals surface area contributed by atoms with Crippen LogP contribution >= 0.6 is 11.6 Å². The lowest BCUT2D eigenvalue weighted by atomic mass is 9.92. The minimum atomic E-state index is -0.0569. The topological polar surface area (TPSA) is 45.2 Å². The quantitative estimate of drug-likeness (QED) is 0.923. The van der Waals surface area contributed by atoms with E-state index in [2.05, 4.69) is 31.1 Å². The zero-order valence-electron chi connectivity index (χ0n) is 13.0. The summed E-state index contributed by atoms with van der Waals surface area (Å²) in [5.74, 6) is 1.71. The van der Waals surface area contributed by atoms with E-state index in [9.17, 15) is 4.79 Å². The normalized spacial score (nSPS) is 22.2. The van der Waals surface area contributed by atoms with Gasteiger partial charge in [0.2, 0.25) is 0 Å². The molecule has 116 valence electrons. The highest BCUT2D eigenvalue weighted by molar-refractivity contribution is 6.33. The van der Waals surface area contributed by atoms with Crippen LogP contribution in [0.4, 0.5) is 5.82 Å². The van der Waals surface area contributed by atoms with E-state index in [0.717, 1.165) is 26.1 Å². The van der Waals surface area contributed by atoms with Gasteiger partial charge in [-0.15, -0.1) is 0 Å². The lowest BCUT2D eigenvalue weighted by Crippen LogP contribution is -2.43. The largest absolute Gasteiger partial charge is 0.370 e. The monoisotopic (exact) mass is 309 g/mol. The number of rotatable bonds is 4. The SMILES string of the molecule is CCCNc1ccc(Cl)c(C(=O)N2CC(C)CC(C)C2)n1. The number of hydrogen-bond acceptors (Lipinski definition) is 3. The van der Waals surface area contributed by atoms with Crippen LogP contribution in [0.5, 0.6) is 0 Å². The summed E-state index contributed by atoms with van der Waals surface area (Å²) in [5, 5.41) is 3.62. The smallest absolute Gasteiger partial charge is 0.274 e. The lowest BCUT2D eigenvalue weighted by molar-refractivity contribution is 0.0617. The Bertz CT molecular complexity index is 496. The van der Waals surface area contributed by atoms with Gasteiger partial charge < -0.3 is 10.2 Å². The van der Waals surface area contributed by atoms with Gasteiger partial charge in [0.05, 0.1) is 5.02 Å². The number of piperidine rings is 1. The van der Waals surface area contributed by atoms with Crippen LogP contribution in [0.1, 0.15) is 44.1 Å². The van der Waals surface area contributed by atoms with Gasteiger partial charge in [0.15, 0.2) is 0 Å². The molecule has 0 saturated carbocycles. The van der Waals surface area contributed by atoms with Crippen molar-refractivity contribution < 1.29 is 4.79 Å². The number of hydrogen-bond donors (Lipinski definition) is 1. The Balaban J connectivity index is 2.17. The van der Waals surface area contributed by atoms with Crippen LogP contribution in [0, 0.1) is 11.8 Å². The molecule has 1 aliphatic heterocycles. The summed E-state index contributed by atoms with van der Waals surface area (Å²) in [6, 6.07) is 3.56. The van der Waals surface area contributed by atoms with E-state index in [4.69, 9.17) is 11.6 Å². The highest BCUT2D eigenvalue weighted by Crippen LogP contribution is 2.25. The number of nitrogens with zero attached hydrogens (tertiary/aromatic N) is 2. The Morgan fingerprint density at radius 2 is 2.05 bits per heavy atom. The molecule has 4 nitrogen and oxygen atoms in total. The molecule has 0 aromatic carbocycles. The zero-order valence-corrected chi connectivity index (χ0v) is 13.8. The second-order valence-corrected chi connectivity index (χ2v) is 6.52. The molecule has 1 amide bonds. The Kier molecular flexibility index (Phi) is 5.45. The zero-order chi connectivity index (χ0) is 15.4. The molecule has 2 atom stereocenters. The molecule has 1 aliphatic rings. The van der Waals surface area contributed by atoms with Crippen LogP contribution in [-0.4, -0.2) is 35.4 Å². The van der Waals surface area contributed by atoms with E-state index in [0.29, 0.717) is 28.4 Å². The fourth-order valence-electron chi connectivity index (χ4n) is 2.92. The van der Waals surface area contributed by atoms with Gasteiger partial charge in [-0.3, -0.25) is 4.79 Å². The molecule has 2 unspecified atom stereocenters. The average Bonchev–Trinajstić information content (AvgIpc) is 2.44. The molecule has 0 bridgehead atoms. The maximum Gasteiger partial charge on any atom is 0.274 e. The van der Waals surface area contributed by atoms with E-state index < -0.39 is 0 Å². The van der Waals surface area contributed by atoms with E-state index >= 15 is 0 Å². The first-order valence-corrected chi connectivity index (χ1v) is 8.08. The molecular weight excluding hydrogens is 286 g/mol. The molecule has 0 radical (unpaired) electrons. The first kappa shape index (κ1) is 16.1. The molecular formula is C16H24ClN3O. The molecule has 21 heavy (non-hydrogen) atoms. The van der Waals surface area contributed by atoms with Gasteiger partial charge in [-0.1, -0.05) is 32.4 Å². The Labute approximate surface area is 131 Å². The molecule has 2 heterocycles. The third-order valence-corrected chi connectivity index (χ3v) is 4.07. The summed E-state index contributed by atoms with van der Waals surface area (Å²) < 4.78 is 0. The van der Waals surface area contributed by atoms with Gasteiger partial charge in [0, 0.05) is 19.6 Å². The summed E-state index contributed by atoms with van der Waals surface area (Å²) >= 11 is 6.18. The first-order valence-electron chi connectivity index (χ1n) is 7.71. The second-order valence-electron chi connectivity index (χ2n) is 6.11. The molecule has 0 spiro atoms. The van der Waals surface area contributed by atoms with Crippen LogP contribution in [0.3, 0.4) is 0 Å². The molecule has 1 aromatic heterocycles. The van der Waals surface area contributed by atoms with E-state index in [1.807, 2.05) is 11.0 Å². The number of pyridine rings is 1. The second kappa shape index (κ2) is 7.12. The number of carbonyl (C=O) groups excluding carboxylic acids is 1. The average molecular weight is 310 g/mol. The number of likely N-dealkylation sites (tertiary alicyclic amines) is 1. The minimum Gasteiger partial charge on any atom is -0.370 e. The molecule has 1 fully saturated rings. The molecule has 1 saturated heterocycles. The number of aromatic nitrogens is 1. The summed E-state index contributed by atoms with van der Waals surface area (Å²) in [6.07, 6.45) is 2.18. The standard InChI is InChI=1S/C16H24ClN3O/c1-4-7-18-14-6-5-13(17)15(19-14)16(21)20-9-11(2)8-12(3)10-20/h5-6,11-12H,4,7-10H2,1-3H3,(H,18,19). The van der Waals surface area contributed by atoms with Crippen molar-refractivity contribution in [1.82, 2.24) is 9.88 Å². The fraction of sp³-hybridized carbons (Fsp3) is 0.625. The van der Waals surface area contributed by atoms with Crippen molar-refractivity contribution in [3.63, 3.8) is 0 Å². The fourth-order valence-corrected chi connectivity index (χ4v) is 3.11. The molecule has 1 N–H and O–H groups in total. The van der Waals surface area contributed by atoms with E-state index in [1.165, 1.54) is 6.42 Å². The third-order valence-electron chi connectivity index (χ3n) is 3.76. The van der Waals surface area contributed by atoms with Crippen LogP contribution in [0.15, 0.2) is 12.1 Å². The molecule has 0 aliphatic carbocycles. The summed E-state index contributed by atoms with van der Waals surface area (Å²) in [6.45, 7) is 8.86. The molecule has 1 aromatic rings. The van der Waals surface area contributed by atoms with E-state index in [1.54, 1.807) is 6.07 Å². The van der Waals surface area contributed by atoms with Crippen LogP contribution < -0.4 is 5.32 Å². The molecule has 2 rings (SSSR count). The van der Waals surface area contributed by atoms with Crippen molar-refractivity contribution >= 4 is 23.3 Å². The highest BCUT2D eigenvalue weighted by atomic mass is 35.5. The first-order chi connectivity index (χ1) is 10.0. The van der Waals surface area contributed by atoms with E-state index in [-0.39, 0.29) is 5.91 Å². The summed E-state index contributed by atoms with van der Waals surface area (Å²) in [7, 11) is 0. The third kappa shape index (κ3) is 4.10. The van der Waals surface area contributed by atoms with Crippen molar-refractivity contribution in [2.75, 3.05) is 25.0 Å². The number of nitrogens with one attached hydrogen (secondary N) is 1. The van der Waals surface area contributed by atoms with Crippen LogP contribution in [-0.2, 0) is 0 Å². The number of amides is 1. The van der Waals surface area contributed by atoms with Crippen LogP contribution in [0.25, 0.3) is 0 Å².